The lowest BCUT2D eigenvalue weighted by molar-refractivity contribution is -0.151. The maximum atomic E-state index is 12.0. The van der Waals surface area contributed by atoms with E-state index in [1.807, 2.05) is 24.3 Å². The molecular weight excluding hydrogens is 256 g/mol. The highest BCUT2D eigenvalue weighted by Gasteiger charge is 2.31. The first kappa shape index (κ1) is 12.9. The Kier molecular flexibility index (Phi) is 3.54. The van der Waals surface area contributed by atoms with E-state index in [4.69, 9.17) is 9.47 Å². The number of hydrogen-bond donors (Lipinski definition) is 0. The van der Waals surface area contributed by atoms with E-state index in [1.165, 1.54) is 0 Å². The van der Waals surface area contributed by atoms with Gasteiger partial charge >= 0.3 is 11.9 Å². The zero-order chi connectivity index (χ0) is 13.9. The second-order valence-electron chi connectivity index (χ2n) is 5.11. The van der Waals surface area contributed by atoms with Crippen molar-refractivity contribution in [1.82, 2.24) is 0 Å². The summed E-state index contributed by atoms with van der Waals surface area (Å²) in [6.07, 6.45) is 4.17. The third-order valence-corrected chi connectivity index (χ3v) is 3.69. The van der Waals surface area contributed by atoms with Crippen LogP contribution in [0.25, 0.3) is 0 Å². The first-order valence-corrected chi connectivity index (χ1v) is 6.88. The number of carbonyl (C=O) groups excluding carboxylic acids is 2. The molecule has 1 aliphatic carbocycles. The fourth-order valence-corrected chi connectivity index (χ4v) is 2.65. The molecule has 1 aliphatic heterocycles. The van der Waals surface area contributed by atoms with Crippen molar-refractivity contribution in [2.75, 3.05) is 0 Å². The molecule has 0 N–H and O–H groups in total. The van der Waals surface area contributed by atoms with Crippen LogP contribution in [0.4, 0.5) is 0 Å². The van der Waals surface area contributed by atoms with E-state index >= 15 is 0 Å². The van der Waals surface area contributed by atoms with E-state index in [-0.39, 0.29) is 24.1 Å². The molecule has 2 atom stereocenters. The van der Waals surface area contributed by atoms with Gasteiger partial charge in [0.25, 0.3) is 0 Å². The lowest BCUT2D eigenvalue weighted by atomic mass is 9.89. The van der Waals surface area contributed by atoms with Crippen molar-refractivity contribution in [3.05, 3.63) is 47.5 Å². The second kappa shape index (κ2) is 5.49. The highest BCUT2D eigenvalue weighted by Crippen LogP contribution is 2.30. The van der Waals surface area contributed by atoms with Crippen LogP contribution in [0.1, 0.15) is 36.0 Å². The molecule has 1 aromatic rings. The third-order valence-electron chi connectivity index (χ3n) is 3.69. The van der Waals surface area contributed by atoms with Crippen molar-refractivity contribution >= 4 is 11.9 Å². The van der Waals surface area contributed by atoms with Crippen LogP contribution in [-0.2, 0) is 14.3 Å². The summed E-state index contributed by atoms with van der Waals surface area (Å²) in [4.78, 5) is 23.2. The van der Waals surface area contributed by atoms with Crippen LogP contribution in [0.5, 0.6) is 0 Å². The van der Waals surface area contributed by atoms with Gasteiger partial charge in [0.2, 0.25) is 0 Å². The van der Waals surface area contributed by atoms with Gasteiger partial charge in [-0.1, -0.05) is 18.2 Å². The molecule has 2 aliphatic rings. The summed E-state index contributed by atoms with van der Waals surface area (Å²) in [5, 5.41) is 0. The van der Waals surface area contributed by atoms with Gasteiger partial charge in [0.1, 0.15) is 12.2 Å². The van der Waals surface area contributed by atoms with Crippen LogP contribution < -0.4 is 0 Å². The van der Waals surface area contributed by atoms with Gasteiger partial charge in [-0.2, -0.15) is 0 Å². The number of esters is 2. The lowest BCUT2D eigenvalue weighted by Crippen LogP contribution is -2.32. The molecular formula is C16H16O4. The molecule has 0 unspecified atom stereocenters. The highest BCUT2D eigenvalue weighted by molar-refractivity contribution is 5.89. The van der Waals surface area contributed by atoms with Crippen molar-refractivity contribution < 1.29 is 19.1 Å². The molecule has 0 saturated carbocycles. The Bertz CT molecular complexity index is 547. The highest BCUT2D eigenvalue weighted by atomic mass is 16.6. The summed E-state index contributed by atoms with van der Waals surface area (Å²) in [6, 6.07) is 8.96. The molecule has 1 heterocycles. The standard InChI is InChI=1S/C16H16O4/c17-15-9-6-12-10-13(7-8-14(12)20-15)19-16(18)11-4-2-1-3-5-11/h1-5,10,13-14H,6-9H2/t13-,14+/m1/s1. The maximum absolute atomic E-state index is 12.0. The molecule has 4 heteroatoms. The van der Waals surface area contributed by atoms with Crippen LogP contribution in [-0.4, -0.2) is 24.1 Å². The zero-order valence-electron chi connectivity index (χ0n) is 11.1. The van der Waals surface area contributed by atoms with E-state index < -0.39 is 0 Å². The summed E-state index contributed by atoms with van der Waals surface area (Å²) in [5.41, 5.74) is 1.64. The topological polar surface area (TPSA) is 52.6 Å². The quantitative estimate of drug-likeness (QED) is 0.613. The number of benzene rings is 1. The summed E-state index contributed by atoms with van der Waals surface area (Å²) in [7, 11) is 0. The molecule has 1 aromatic carbocycles. The minimum atomic E-state index is -0.307. The van der Waals surface area contributed by atoms with Crippen LogP contribution in [0.2, 0.25) is 0 Å². The van der Waals surface area contributed by atoms with Crippen molar-refractivity contribution in [1.29, 1.82) is 0 Å². The predicted octanol–water partition coefficient (Wildman–Crippen LogP) is 2.64. The Hall–Kier alpha value is -2.10. The summed E-state index contributed by atoms with van der Waals surface area (Å²) in [5.74, 6) is -0.439. The summed E-state index contributed by atoms with van der Waals surface area (Å²) < 4.78 is 10.8. The second-order valence-corrected chi connectivity index (χ2v) is 5.11. The molecule has 104 valence electrons. The Morgan fingerprint density at radius 2 is 1.95 bits per heavy atom. The van der Waals surface area contributed by atoms with Gasteiger partial charge in [0.05, 0.1) is 5.56 Å². The predicted molar refractivity (Wildman–Crippen MR) is 72.1 cm³/mol. The zero-order valence-corrected chi connectivity index (χ0v) is 11.1. The molecule has 3 rings (SSSR count). The Labute approximate surface area is 117 Å². The van der Waals surface area contributed by atoms with Gasteiger partial charge in [-0.05, 0) is 43.0 Å². The summed E-state index contributed by atoms with van der Waals surface area (Å²) in [6.45, 7) is 0. The van der Waals surface area contributed by atoms with Gasteiger partial charge in [0.15, 0.2) is 0 Å². The van der Waals surface area contributed by atoms with Crippen LogP contribution in [0.15, 0.2) is 42.0 Å². The first-order chi connectivity index (χ1) is 9.72. The molecule has 20 heavy (non-hydrogen) atoms. The van der Waals surface area contributed by atoms with E-state index in [0.717, 1.165) is 12.0 Å². The normalized spacial score (nSPS) is 25.2. The van der Waals surface area contributed by atoms with Gasteiger partial charge in [0, 0.05) is 6.42 Å². The molecule has 4 nitrogen and oxygen atoms in total. The SMILES string of the molecule is O=C1CCC2=C[C@H](OC(=O)c3ccccc3)CC[C@@H]2O1. The van der Waals surface area contributed by atoms with E-state index in [9.17, 15) is 9.59 Å². The minimum absolute atomic E-state index is 0.108. The number of rotatable bonds is 2. The molecule has 1 saturated heterocycles. The van der Waals surface area contributed by atoms with Crippen LogP contribution >= 0.6 is 0 Å². The molecule has 1 fully saturated rings. The Morgan fingerprint density at radius 1 is 1.15 bits per heavy atom. The van der Waals surface area contributed by atoms with Crippen LogP contribution in [0, 0.1) is 0 Å². The van der Waals surface area contributed by atoms with Crippen molar-refractivity contribution in [2.24, 2.45) is 0 Å². The number of ether oxygens (including phenoxy) is 2. The van der Waals surface area contributed by atoms with Gasteiger partial charge in [-0.15, -0.1) is 0 Å². The number of carbonyl (C=O) groups is 2. The summed E-state index contributed by atoms with van der Waals surface area (Å²) >= 11 is 0. The first-order valence-electron chi connectivity index (χ1n) is 6.88. The average Bonchev–Trinajstić information content (AvgIpc) is 2.48. The molecule has 0 radical (unpaired) electrons. The van der Waals surface area contributed by atoms with Gasteiger partial charge < -0.3 is 9.47 Å². The fraction of sp³-hybridized carbons (Fsp3) is 0.375. The van der Waals surface area contributed by atoms with Crippen molar-refractivity contribution in [3.8, 4) is 0 Å². The van der Waals surface area contributed by atoms with Crippen LogP contribution in [0.3, 0.4) is 0 Å². The Balaban J connectivity index is 1.66. The molecule has 0 bridgehead atoms. The number of fused-ring (bicyclic) bond motifs is 1. The largest absolute Gasteiger partial charge is 0.458 e. The smallest absolute Gasteiger partial charge is 0.338 e. The monoisotopic (exact) mass is 272 g/mol. The third kappa shape index (κ3) is 2.74. The van der Waals surface area contributed by atoms with Crippen molar-refractivity contribution in [2.45, 2.75) is 37.9 Å². The molecule has 0 amide bonds. The Morgan fingerprint density at radius 3 is 2.75 bits per heavy atom. The van der Waals surface area contributed by atoms with Gasteiger partial charge in [-0.25, -0.2) is 4.79 Å². The van der Waals surface area contributed by atoms with E-state index in [2.05, 4.69) is 0 Å². The average molecular weight is 272 g/mol. The number of hydrogen-bond acceptors (Lipinski definition) is 4. The van der Waals surface area contributed by atoms with E-state index in [1.54, 1.807) is 12.1 Å². The lowest BCUT2D eigenvalue weighted by Gasteiger charge is -2.31. The van der Waals surface area contributed by atoms with E-state index in [0.29, 0.717) is 24.8 Å². The molecule has 0 spiro atoms. The maximum Gasteiger partial charge on any atom is 0.338 e. The van der Waals surface area contributed by atoms with Gasteiger partial charge in [-0.3, -0.25) is 4.79 Å². The van der Waals surface area contributed by atoms with Crippen molar-refractivity contribution in [3.63, 3.8) is 0 Å². The molecule has 0 aromatic heterocycles. The minimum Gasteiger partial charge on any atom is -0.458 e. The fourth-order valence-electron chi connectivity index (χ4n) is 2.65.